The highest BCUT2D eigenvalue weighted by Crippen LogP contribution is 2.31. The zero-order valence-electron chi connectivity index (χ0n) is 14.2. The Hall–Kier alpha value is -1.50. The molecule has 0 aromatic heterocycles. The number of nitrogens with zero attached hydrogens (tertiary/aromatic N) is 2. The lowest BCUT2D eigenvalue weighted by molar-refractivity contribution is -0.153. The van der Waals surface area contributed by atoms with Crippen molar-refractivity contribution in [3.05, 3.63) is 35.6 Å². The Morgan fingerprint density at radius 3 is 2.67 bits per heavy atom. The van der Waals surface area contributed by atoms with Gasteiger partial charge in [-0.3, -0.25) is 9.69 Å². The van der Waals surface area contributed by atoms with Gasteiger partial charge in [0.15, 0.2) is 5.60 Å². The van der Waals surface area contributed by atoms with E-state index in [1.54, 1.807) is 30.0 Å². The maximum Gasteiger partial charge on any atom is 0.259 e. The summed E-state index contributed by atoms with van der Waals surface area (Å²) in [6, 6.07) is 6.51. The summed E-state index contributed by atoms with van der Waals surface area (Å²) in [5.74, 6) is -0.647. The van der Waals surface area contributed by atoms with Crippen LogP contribution in [0.5, 0.6) is 0 Å². The number of amides is 1. The van der Waals surface area contributed by atoms with Gasteiger partial charge < -0.3 is 14.7 Å². The minimum Gasteiger partial charge on any atom is -0.392 e. The number of carbonyl (C=O) groups is 1. The summed E-state index contributed by atoms with van der Waals surface area (Å²) in [6.07, 6.45) is 1.39. The molecule has 132 valence electrons. The average molecular weight is 336 g/mol. The maximum atomic E-state index is 14.2. The fourth-order valence-corrected chi connectivity index (χ4v) is 3.79. The van der Waals surface area contributed by atoms with Crippen molar-refractivity contribution in [3.8, 4) is 0 Å². The Morgan fingerprint density at radius 2 is 2.04 bits per heavy atom. The minimum absolute atomic E-state index is 0.211. The van der Waals surface area contributed by atoms with Gasteiger partial charge in [-0.05, 0) is 25.8 Å². The number of rotatable bonds is 4. The van der Waals surface area contributed by atoms with E-state index in [2.05, 4.69) is 4.90 Å². The zero-order chi connectivity index (χ0) is 17.3. The molecule has 2 heterocycles. The number of aliphatic hydroxyl groups is 1. The Bertz CT molecular complexity index is 612. The molecule has 0 aliphatic carbocycles. The standard InChI is InChI=1S/C18H25FN2O3/c1-18(24-2,15-5-3-4-6-16(15)19)17(23)21-9-7-13(11-21)20-10-8-14(22)12-20/h3-6,13-14,22H,7-12H2,1-2H3. The van der Waals surface area contributed by atoms with Crippen LogP contribution in [0.15, 0.2) is 24.3 Å². The van der Waals surface area contributed by atoms with Gasteiger partial charge in [0, 0.05) is 44.9 Å². The van der Waals surface area contributed by atoms with Crippen molar-refractivity contribution in [2.45, 2.75) is 37.5 Å². The number of hydrogen-bond acceptors (Lipinski definition) is 4. The van der Waals surface area contributed by atoms with Gasteiger partial charge in [-0.1, -0.05) is 18.2 Å². The highest BCUT2D eigenvalue weighted by Gasteiger charge is 2.43. The molecule has 1 amide bonds. The first-order valence-electron chi connectivity index (χ1n) is 8.47. The van der Waals surface area contributed by atoms with E-state index in [0.717, 1.165) is 19.4 Å². The smallest absolute Gasteiger partial charge is 0.259 e. The van der Waals surface area contributed by atoms with E-state index in [1.165, 1.54) is 13.2 Å². The van der Waals surface area contributed by atoms with Crippen LogP contribution in [0.3, 0.4) is 0 Å². The Balaban J connectivity index is 1.74. The van der Waals surface area contributed by atoms with Crippen LogP contribution in [0.1, 0.15) is 25.3 Å². The Kier molecular flexibility index (Phi) is 4.90. The SMILES string of the molecule is COC(C)(C(=O)N1CCC(N2CCC(O)C2)C1)c1ccccc1F. The molecule has 0 spiro atoms. The van der Waals surface area contributed by atoms with Crippen molar-refractivity contribution in [1.29, 1.82) is 0 Å². The van der Waals surface area contributed by atoms with Crippen molar-refractivity contribution in [1.82, 2.24) is 9.80 Å². The number of aliphatic hydroxyl groups excluding tert-OH is 1. The van der Waals surface area contributed by atoms with Gasteiger partial charge in [0.05, 0.1) is 6.10 Å². The summed E-state index contributed by atoms with van der Waals surface area (Å²) in [5.41, 5.74) is -1.07. The lowest BCUT2D eigenvalue weighted by Crippen LogP contribution is -2.47. The molecule has 3 unspecified atom stereocenters. The van der Waals surface area contributed by atoms with E-state index in [1.807, 2.05) is 0 Å². The molecule has 0 radical (unpaired) electrons. The third-order valence-corrected chi connectivity index (χ3v) is 5.37. The van der Waals surface area contributed by atoms with Gasteiger partial charge in [0.1, 0.15) is 5.82 Å². The highest BCUT2D eigenvalue weighted by atomic mass is 19.1. The summed E-state index contributed by atoms with van der Waals surface area (Å²) in [6.45, 7) is 4.38. The number of β-amino-alcohol motifs (C(OH)–C–C–N with tert-alkyl or cyclic N) is 1. The van der Waals surface area contributed by atoms with Crippen molar-refractivity contribution >= 4 is 5.91 Å². The molecule has 2 aliphatic heterocycles. The normalized spacial score (nSPS) is 27.4. The molecule has 3 rings (SSSR count). The number of halogens is 1. The third-order valence-electron chi connectivity index (χ3n) is 5.37. The van der Waals surface area contributed by atoms with Crippen LogP contribution in [0, 0.1) is 5.82 Å². The van der Waals surface area contributed by atoms with Gasteiger partial charge in [-0.25, -0.2) is 4.39 Å². The van der Waals surface area contributed by atoms with Gasteiger partial charge in [0.2, 0.25) is 0 Å². The predicted molar refractivity (Wildman–Crippen MR) is 87.9 cm³/mol. The van der Waals surface area contributed by atoms with Crippen molar-refractivity contribution in [2.24, 2.45) is 0 Å². The molecule has 1 aromatic carbocycles. The first-order valence-corrected chi connectivity index (χ1v) is 8.47. The van der Waals surface area contributed by atoms with Crippen LogP contribution in [0.4, 0.5) is 4.39 Å². The fraction of sp³-hybridized carbons (Fsp3) is 0.611. The Morgan fingerprint density at radius 1 is 1.29 bits per heavy atom. The van der Waals surface area contributed by atoms with Crippen molar-refractivity contribution in [2.75, 3.05) is 33.3 Å². The molecule has 0 bridgehead atoms. The van der Waals surface area contributed by atoms with E-state index in [0.29, 0.717) is 19.6 Å². The molecule has 6 heteroatoms. The largest absolute Gasteiger partial charge is 0.392 e. The van der Waals surface area contributed by atoms with E-state index in [9.17, 15) is 14.3 Å². The number of likely N-dealkylation sites (tertiary alicyclic amines) is 2. The van der Waals surface area contributed by atoms with E-state index in [4.69, 9.17) is 4.74 Å². The third kappa shape index (κ3) is 3.06. The lowest BCUT2D eigenvalue weighted by atomic mass is 9.93. The van der Waals surface area contributed by atoms with Gasteiger partial charge in [0.25, 0.3) is 5.91 Å². The first-order chi connectivity index (χ1) is 11.5. The molecule has 3 atom stereocenters. The second-order valence-corrected chi connectivity index (χ2v) is 6.85. The minimum atomic E-state index is -1.33. The van der Waals surface area contributed by atoms with Crippen molar-refractivity contribution < 1.29 is 19.0 Å². The van der Waals surface area contributed by atoms with Crippen LogP contribution in [0.2, 0.25) is 0 Å². The van der Waals surface area contributed by atoms with Crippen LogP contribution < -0.4 is 0 Å². The van der Waals surface area contributed by atoms with Gasteiger partial charge >= 0.3 is 0 Å². The quantitative estimate of drug-likeness (QED) is 0.902. The monoisotopic (exact) mass is 336 g/mol. The van der Waals surface area contributed by atoms with Crippen LogP contribution >= 0.6 is 0 Å². The number of methoxy groups -OCH3 is 1. The molecule has 5 nitrogen and oxygen atoms in total. The molecular formula is C18H25FN2O3. The first kappa shape index (κ1) is 17.3. The molecule has 0 saturated carbocycles. The van der Waals surface area contributed by atoms with Gasteiger partial charge in [-0.2, -0.15) is 0 Å². The van der Waals surface area contributed by atoms with Crippen LogP contribution in [-0.4, -0.2) is 66.2 Å². The summed E-state index contributed by atoms with van der Waals surface area (Å²) in [7, 11) is 1.44. The Labute approximate surface area is 142 Å². The topological polar surface area (TPSA) is 53.0 Å². The number of carbonyl (C=O) groups excluding carboxylic acids is 1. The molecular weight excluding hydrogens is 311 g/mol. The molecule has 24 heavy (non-hydrogen) atoms. The highest BCUT2D eigenvalue weighted by molar-refractivity contribution is 5.86. The van der Waals surface area contributed by atoms with Crippen LogP contribution in [0.25, 0.3) is 0 Å². The zero-order valence-corrected chi connectivity index (χ0v) is 14.2. The van der Waals surface area contributed by atoms with E-state index < -0.39 is 11.4 Å². The summed E-state index contributed by atoms with van der Waals surface area (Å²) in [5, 5.41) is 9.70. The van der Waals surface area contributed by atoms with Crippen LogP contribution in [-0.2, 0) is 15.1 Å². The maximum absolute atomic E-state index is 14.2. The van der Waals surface area contributed by atoms with E-state index in [-0.39, 0.29) is 23.6 Å². The summed E-state index contributed by atoms with van der Waals surface area (Å²) >= 11 is 0. The molecule has 1 N–H and O–H groups in total. The number of hydrogen-bond donors (Lipinski definition) is 1. The molecule has 2 saturated heterocycles. The molecule has 2 aliphatic rings. The second-order valence-electron chi connectivity index (χ2n) is 6.85. The second kappa shape index (κ2) is 6.78. The fourth-order valence-electron chi connectivity index (χ4n) is 3.79. The molecule has 2 fully saturated rings. The van der Waals surface area contributed by atoms with Gasteiger partial charge in [-0.15, -0.1) is 0 Å². The summed E-state index contributed by atoms with van der Waals surface area (Å²) < 4.78 is 19.7. The summed E-state index contributed by atoms with van der Waals surface area (Å²) in [4.78, 5) is 17.0. The van der Waals surface area contributed by atoms with Crippen molar-refractivity contribution in [3.63, 3.8) is 0 Å². The van der Waals surface area contributed by atoms with E-state index >= 15 is 0 Å². The predicted octanol–water partition coefficient (Wildman–Crippen LogP) is 1.35. The molecule has 1 aromatic rings. The number of benzene rings is 1. The lowest BCUT2D eigenvalue weighted by Gasteiger charge is -2.32. The average Bonchev–Trinajstić information content (AvgIpc) is 3.22. The number of ether oxygens (including phenoxy) is 1.